The minimum atomic E-state index is -3.59. The third kappa shape index (κ3) is 3.54. The molecular formula is C17H23ClN2O3S. The minimum Gasteiger partial charge on any atom is -0.351 e. The van der Waals surface area contributed by atoms with Crippen molar-refractivity contribution in [2.75, 3.05) is 10.6 Å². The summed E-state index contributed by atoms with van der Waals surface area (Å²) in [6.45, 7) is 1.62. The Morgan fingerprint density at radius 2 is 1.92 bits per heavy atom. The van der Waals surface area contributed by atoms with Crippen LogP contribution in [0.3, 0.4) is 0 Å². The molecule has 1 aromatic rings. The monoisotopic (exact) mass is 370 g/mol. The number of hydrogen-bond donors (Lipinski definition) is 1. The Morgan fingerprint density at radius 1 is 1.25 bits per heavy atom. The fraction of sp³-hybridized carbons (Fsp3) is 0.588. The smallest absolute Gasteiger partial charge is 0.243 e. The fourth-order valence-electron chi connectivity index (χ4n) is 4.12. The van der Waals surface area contributed by atoms with Crippen LogP contribution < -0.4 is 9.62 Å². The molecule has 0 aliphatic heterocycles. The molecule has 0 saturated heterocycles. The third-order valence-electron chi connectivity index (χ3n) is 5.24. The van der Waals surface area contributed by atoms with Crippen LogP contribution in [0, 0.1) is 11.8 Å². The van der Waals surface area contributed by atoms with Gasteiger partial charge in [0.15, 0.2) is 0 Å². The van der Waals surface area contributed by atoms with Gasteiger partial charge in [-0.2, -0.15) is 0 Å². The predicted molar refractivity (Wildman–Crippen MR) is 95.6 cm³/mol. The molecule has 2 saturated carbocycles. The Balaban J connectivity index is 1.77. The SMILES string of the molecule is C[C@@H](C(=O)N[C@H]1C[C@@H]2CC[C@H]1C2)N(c1ccc(Cl)cc1)S(C)(=O)=O. The molecule has 2 bridgehead atoms. The fourth-order valence-corrected chi connectivity index (χ4v) is 5.42. The van der Waals surface area contributed by atoms with Crippen LogP contribution in [0.25, 0.3) is 0 Å². The molecule has 1 amide bonds. The number of sulfonamides is 1. The molecule has 2 aliphatic rings. The van der Waals surface area contributed by atoms with E-state index < -0.39 is 16.1 Å². The number of carbonyl (C=O) groups excluding carboxylic acids is 1. The van der Waals surface area contributed by atoms with Gasteiger partial charge in [-0.05, 0) is 62.3 Å². The van der Waals surface area contributed by atoms with Crippen molar-refractivity contribution in [3.05, 3.63) is 29.3 Å². The van der Waals surface area contributed by atoms with E-state index in [2.05, 4.69) is 5.32 Å². The van der Waals surface area contributed by atoms with Crippen molar-refractivity contribution in [1.29, 1.82) is 0 Å². The molecule has 0 spiro atoms. The average molecular weight is 371 g/mol. The molecule has 1 aromatic carbocycles. The molecule has 4 atom stereocenters. The number of benzene rings is 1. The van der Waals surface area contributed by atoms with Gasteiger partial charge in [-0.1, -0.05) is 18.0 Å². The first kappa shape index (κ1) is 17.5. The number of rotatable bonds is 5. The summed E-state index contributed by atoms with van der Waals surface area (Å²) < 4.78 is 25.6. The summed E-state index contributed by atoms with van der Waals surface area (Å²) in [5.41, 5.74) is 0.442. The van der Waals surface area contributed by atoms with Crippen molar-refractivity contribution in [3.8, 4) is 0 Å². The van der Waals surface area contributed by atoms with Crippen LogP contribution in [0.4, 0.5) is 5.69 Å². The van der Waals surface area contributed by atoms with Crippen LogP contribution in [0.5, 0.6) is 0 Å². The first-order valence-electron chi connectivity index (χ1n) is 8.31. The van der Waals surface area contributed by atoms with Gasteiger partial charge < -0.3 is 5.32 Å². The summed E-state index contributed by atoms with van der Waals surface area (Å²) in [4.78, 5) is 12.7. The standard InChI is InChI=1S/C17H23ClN2O3S/c1-11(17(21)19-16-10-12-3-4-13(16)9-12)20(24(2,22)23)15-7-5-14(18)6-8-15/h5-8,11-13,16H,3-4,9-10H2,1-2H3,(H,19,21)/t11-,12+,13-,16-/m0/s1. The lowest BCUT2D eigenvalue weighted by atomic mass is 9.95. The van der Waals surface area contributed by atoms with E-state index in [1.165, 1.54) is 12.8 Å². The maximum absolute atomic E-state index is 12.7. The first-order valence-corrected chi connectivity index (χ1v) is 10.5. The molecule has 3 rings (SSSR count). The maximum Gasteiger partial charge on any atom is 0.243 e. The summed E-state index contributed by atoms with van der Waals surface area (Å²) >= 11 is 5.87. The number of amides is 1. The molecule has 0 aromatic heterocycles. The van der Waals surface area contributed by atoms with E-state index in [1.807, 2.05) is 0 Å². The number of nitrogens with one attached hydrogen (secondary N) is 1. The Hall–Kier alpha value is -1.27. The van der Waals surface area contributed by atoms with Gasteiger partial charge in [-0.3, -0.25) is 9.10 Å². The molecule has 2 aliphatic carbocycles. The number of hydrogen-bond acceptors (Lipinski definition) is 3. The van der Waals surface area contributed by atoms with Gasteiger partial charge in [0.05, 0.1) is 11.9 Å². The van der Waals surface area contributed by atoms with Gasteiger partial charge in [-0.15, -0.1) is 0 Å². The second-order valence-electron chi connectivity index (χ2n) is 7.00. The van der Waals surface area contributed by atoms with E-state index in [9.17, 15) is 13.2 Å². The predicted octanol–water partition coefficient (Wildman–Crippen LogP) is 2.80. The Labute approximate surface area is 148 Å². The highest BCUT2D eigenvalue weighted by Crippen LogP contribution is 2.44. The number of anilines is 1. The molecule has 132 valence electrons. The van der Waals surface area contributed by atoms with E-state index >= 15 is 0 Å². The van der Waals surface area contributed by atoms with E-state index in [1.54, 1.807) is 31.2 Å². The van der Waals surface area contributed by atoms with Gasteiger partial charge in [0, 0.05) is 11.1 Å². The van der Waals surface area contributed by atoms with E-state index in [-0.39, 0.29) is 11.9 Å². The highest BCUT2D eigenvalue weighted by atomic mass is 35.5. The highest BCUT2D eigenvalue weighted by molar-refractivity contribution is 7.92. The third-order valence-corrected chi connectivity index (χ3v) is 6.73. The zero-order valence-electron chi connectivity index (χ0n) is 13.9. The van der Waals surface area contributed by atoms with Gasteiger partial charge in [0.1, 0.15) is 6.04 Å². The lowest BCUT2D eigenvalue weighted by Gasteiger charge is -2.31. The van der Waals surface area contributed by atoms with Crippen LogP contribution >= 0.6 is 11.6 Å². The average Bonchev–Trinajstić information content (AvgIpc) is 3.10. The van der Waals surface area contributed by atoms with E-state index in [0.29, 0.717) is 16.6 Å². The lowest BCUT2D eigenvalue weighted by Crippen LogP contribution is -2.51. The normalized spacial score (nSPS) is 27.0. The topological polar surface area (TPSA) is 66.5 Å². The van der Waals surface area contributed by atoms with Gasteiger partial charge in [0.25, 0.3) is 0 Å². The minimum absolute atomic E-state index is 0.185. The van der Waals surface area contributed by atoms with Crippen LogP contribution in [-0.2, 0) is 14.8 Å². The Morgan fingerprint density at radius 3 is 2.42 bits per heavy atom. The van der Waals surface area contributed by atoms with Crippen molar-refractivity contribution in [2.24, 2.45) is 11.8 Å². The molecule has 24 heavy (non-hydrogen) atoms. The van der Waals surface area contributed by atoms with Crippen LogP contribution in [0.15, 0.2) is 24.3 Å². The second-order valence-corrected chi connectivity index (χ2v) is 9.30. The Bertz CT molecular complexity index is 720. The summed E-state index contributed by atoms with van der Waals surface area (Å²) in [7, 11) is -3.59. The molecule has 2 fully saturated rings. The van der Waals surface area contributed by atoms with Crippen molar-refractivity contribution in [3.63, 3.8) is 0 Å². The van der Waals surface area contributed by atoms with Gasteiger partial charge in [0.2, 0.25) is 15.9 Å². The van der Waals surface area contributed by atoms with Crippen molar-refractivity contribution >= 4 is 33.2 Å². The van der Waals surface area contributed by atoms with Crippen LogP contribution in [0.1, 0.15) is 32.6 Å². The van der Waals surface area contributed by atoms with Gasteiger partial charge in [-0.25, -0.2) is 8.42 Å². The van der Waals surface area contributed by atoms with Crippen LogP contribution in [-0.4, -0.2) is 32.7 Å². The van der Waals surface area contributed by atoms with Gasteiger partial charge >= 0.3 is 0 Å². The molecular weight excluding hydrogens is 348 g/mol. The summed E-state index contributed by atoms with van der Waals surface area (Å²) in [5.74, 6) is 1.03. The molecule has 0 radical (unpaired) electrons. The quantitative estimate of drug-likeness (QED) is 0.866. The highest BCUT2D eigenvalue weighted by Gasteiger charge is 2.41. The summed E-state index contributed by atoms with van der Waals surface area (Å²) in [5, 5.41) is 3.59. The number of halogens is 1. The Kier molecular flexibility index (Phi) is 4.80. The van der Waals surface area contributed by atoms with Crippen molar-refractivity contribution in [1.82, 2.24) is 5.32 Å². The van der Waals surface area contributed by atoms with Crippen LogP contribution in [0.2, 0.25) is 5.02 Å². The number of carbonyl (C=O) groups is 1. The zero-order chi connectivity index (χ0) is 17.5. The first-order chi connectivity index (χ1) is 11.3. The molecule has 1 N–H and O–H groups in total. The number of fused-ring (bicyclic) bond motifs is 2. The maximum atomic E-state index is 12.7. The van der Waals surface area contributed by atoms with E-state index in [4.69, 9.17) is 11.6 Å². The number of nitrogens with zero attached hydrogens (tertiary/aromatic N) is 1. The zero-order valence-corrected chi connectivity index (χ0v) is 15.5. The largest absolute Gasteiger partial charge is 0.351 e. The van der Waals surface area contributed by atoms with Crippen molar-refractivity contribution < 1.29 is 13.2 Å². The second kappa shape index (κ2) is 6.56. The summed E-state index contributed by atoms with van der Waals surface area (Å²) in [6.07, 6.45) is 5.74. The molecule has 7 heteroatoms. The molecule has 5 nitrogen and oxygen atoms in total. The lowest BCUT2D eigenvalue weighted by molar-refractivity contribution is -0.122. The summed E-state index contributed by atoms with van der Waals surface area (Å²) in [6, 6.07) is 5.85. The van der Waals surface area contributed by atoms with Crippen molar-refractivity contribution in [2.45, 2.75) is 44.7 Å². The molecule has 0 unspecified atom stereocenters. The van der Waals surface area contributed by atoms with E-state index in [0.717, 1.165) is 29.3 Å². The molecule has 0 heterocycles.